The Morgan fingerprint density at radius 1 is 1.33 bits per heavy atom. The van der Waals surface area contributed by atoms with Crippen LogP contribution in [0.15, 0.2) is 24.3 Å². The molecule has 1 fully saturated rings. The predicted molar refractivity (Wildman–Crippen MR) is 83.6 cm³/mol. The Morgan fingerprint density at radius 2 is 2.00 bits per heavy atom. The maximum absolute atomic E-state index is 10.3. The van der Waals surface area contributed by atoms with Gasteiger partial charge in [-0.15, -0.1) is 0 Å². The molecule has 1 aromatic carbocycles. The summed E-state index contributed by atoms with van der Waals surface area (Å²) in [6, 6.07) is 7.94. The zero-order valence-corrected chi connectivity index (χ0v) is 13.4. The Hall–Kier alpha value is -1.10. The smallest absolute Gasteiger partial charge is 0.118 e. The second kappa shape index (κ2) is 6.77. The van der Waals surface area contributed by atoms with Gasteiger partial charge >= 0.3 is 0 Å². The minimum absolute atomic E-state index is 0.121. The summed E-state index contributed by atoms with van der Waals surface area (Å²) in [5, 5.41) is 13.7. The maximum Gasteiger partial charge on any atom is 0.118 e. The molecule has 1 aromatic rings. The summed E-state index contributed by atoms with van der Waals surface area (Å²) in [5.41, 5.74) is 1.03. The zero-order valence-electron chi connectivity index (χ0n) is 13.4. The Kier molecular flexibility index (Phi) is 5.25. The largest absolute Gasteiger partial charge is 0.497 e. The third-order valence-corrected chi connectivity index (χ3v) is 4.60. The van der Waals surface area contributed by atoms with E-state index >= 15 is 0 Å². The molecule has 118 valence electrons. The first-order valence-electron chi connectivity index (χ1n) is 7.66. The van der Waals surface area contributed by atoms with E-state index in [1.54, 1.807) is 7.11 Å². The summed E-state index contributed by atoms with van der Waals surface area (Å²) < 4.78 is 10.8. The summed E-state index contributed by atoms with van der Waals surface area (Å²) in [4.78, 5) is 0. The molecule has 21 heavy (non-hydrogen) atoms. The molecule has 0 radical (unpaired) electrons. The second-order valence-electron chi connectivity index (χ2n) is 6.25. The lowest BCUT2D eigenvalue weighted by molar-refractivity contribution is -0.115. The van der Waals surface area contributed by atoms with Crippen LogP contribution in [-0.2, 0) is 4.74 Å². The summed E-state index contributed by atoms with van der Waals surface area (Å²) in [7, 11) is 1.64. The van der Waals surface area contributed by atoms with Crippen molar-refractivity contribution in [2.45, 2.75) is 45.4 Å². The van der Waals surface area contributed by atoms with E-state index in [-0.39, 0.29) is 5.41 Å². The molecule has 0 heterocycles. The van der Waals surface area contributed by atoms with Crippen LogP contribution >= 0.6 is 0 Å². The van der Waals surface area contributed by atoms with Crippen molar-refractivity contribution in [1.82, 2.24) is 5.32 Å². The van der Waals surface area contributed by atoms with Gasteiger partial charge in [0.1, 0.15) is 5.75 Å². The van der Waals surface area contributed by atoms with E-state index in [9.17, 15) is 5.11 Å². The third kappa shape index (κ3) is 3.57. The van der Waals surface area contributed by atoms with Crippen LogP contribution in [0.3, 0.4) is 0 Å². The molecular formula is C17H27NO3. The van der Waals surface area contributed by atoms with Crippen LogP contribution in [-0.4, -0.2) is 37.5 Å². The minimum Gasteiger partial charge on any atom is -0.497 e. The lowest BCUT2D eigenvalue weighted by Crippen LogP contribution is -2.61. The van der Waals surface area contributed by atoms with Crippen LogP contribution in [0.1, 0.15) is 38.9 Å². The van der Waals surface area contributed by atoms with Gasteiger partial charge < -0.3 is 19.9 Å². The van der Waals surface area contributed by atoms with Gasteiger partial charge in [-0.2, -0.15) is 0 Å². The summed E-state index contributed by atoms with van der Waals surface area (Å²) >= 11 is 0. The van der Waals surface area contributed by atoms with Gasteiger partial charge in [-0.05, 0) is 31.0 Å². The molecular weight excluding hydrogens is 266 g/mol. The first kappa shape index (κ1) is 16.3. The SMILES string of the molecule is CCOC1CC(NCC(O)c2ccc(OC)cc2)C1(C)C. The molecule has 0 aromatic heterocycles. The number of rotatable bonds is 7. The van der Waals surface area contributed by atoms with Crippen molar-refractivity contribution in [3.63, 3.8) is 0 Å². The lowest BCUT2D eigenvalue weighted by atomic mass is 9.64. The normalized spacial score (nSPS) is 25.2. The van der Waals surface area contributed by atoms with Crippen molar-refractivity contribution in [2.24, 2.45) is 5.41 Å². The second-order valence-corrected chi connectivity index (χ2v) is 6.25. The van der Waals surface area contributed by atoms with Gasteiger partial charge in [0.05, 0.1) is 19.3 Å². The van der Waals surface area contributed by atoms with Crippen LogP contribution in [0, 0.1) is 5.41 Å². The molecule has 2 N–H and O–H groups in total. The van der Waals surface area contributed by atoms with Crippen LogP contribution in [0.25, 0.3) is 0 Å². The van der Waals surface area contributed by atoms with Gasteiger partial charge in [-0.25, -0.2) is 0 Å². The van der Waals surface area contributed by atoms with E-state index in [1.165, 1.54) is 0 Å². The van der Waals surface area contributed by atoms with E-state index < -0.39 is 6.10 Å². The van der Waals surface area contributed by atoms with Gasteiger partial charge in [0.2, 0.25) is 0 Å². The molecule has 0 spiro atoms. The highest BCUT2D eigenvalue weighted by Crippen LogP contribution is 2.42. The maximum atomic E-state index is 10.3. The first-order chi connectivity index (χ1) is 9.98. The number of hydrogen-bond acceptors (Lipinski definition) is 4. The molecule has 0 bridgehead atoms. The van der Waals surface area contributed by atoms with Crippen molar-refractivity contribution in [2.75, 3.05) is 20.3 Å². The predicted octanol–water partition coefficient (Wildman–Crippen LogP) is 2.52. The van der Waals surface area contributed by atoms with Crippen LogP contribution in [0.5, 0.6) is 5.75 Å². The van der Waals surface area contributed by atoms with Gasteiger partial charge in [-0.1, -0.05) is 26.0 Å². The Balaban J connectivity index is 1.83. The van der Waals surface area contributed by atoms with E-state index in [0.29, 0.717) is 18.7 Å². The highest BCUT2D eigenvalue weighted by Gasteiger charge is 2.48. The molecule has 1 saturated carbocycles. The number of benzene rings is 1. The highest BCUT2D eigenvalue weighted by atomic mass is 16.5. The van der Waals surface area contributed by atoms with Crippen molar-refractivity contribution < 1.29 is 14.6 Å². The van der Waals surface area contributed by atoms with Crippen LogP contribution in [0.2, 0.25) is 0 Å². The fourth-order valence-corrected chi connectivity index (χ4v) is 2.91. The first-order valence-corrected chi connectivity index (χ1v) is 7.66. The van der Waals surface area contributed by atoms with Crippen molar-refractivity contribution in [1.29, 1.82) is 0 Å². The minimum atomic E-state index is -0.502. The Bertz CT molecular complexity index is 444. The monoisotopic (exact) mass is 293 g/mol. The summed E-state index contributed by atoms with van der Waals surface area (Å²) in [5.74, 6) is 0.804. The zero-order chi connectivity index (χ0) is 15.5. The number of methoxy groups -OCH3 is 1. The average Bonchev–Trinajstić information content (AvgIpc) is 2.50. The van der Waals surface area contributed by atoms with Gasteiger partial charge in [0.15, 0.2) is 0 Å². The average molecular weight is 293 g/mol. The number of aliphatic hydroxyl groups is 1. The topological polar surface area (TPSA) is 50.7 Å². The van der Waals surface area contributed by atoms with E-state index in [1.807, 2.05) is 31.2 Å². The molecule has 4 nitrogen and oxygen atoms in total. The molecule has 3 unspecified atom stereocenters. The van der Waals surface area contributed by atoms with E-state index in [2.05, 4.69) is 19.2 Å². The van der Waals surface area contributed by atoms with Gasteiger partial charge in [-0.3, -0.25) is 0 Å². The molecule has 1 aliphatic carbocycles. The molecule has 4 heteroatoms. The summed E-state index contributed by atoms with van der Waals surface area (Å²) in [6.07, 6.45) is 0.826. The molecule has 2 rings (SSSR count). The number of ether oxygens (including phenoxy) is 2. The Labute approximate surface area is 127 Å². The van der Waals surface area contributed by atoms with E-state index in [0.717, 1.165) is 24.3 Å². The highest BCUT2D eigenvalue weighted by molar-refractivity contribution is 5.28. The Morgan fingerprint density at radius 3 is 2.52 bits per heavy atom. The van der Waals surface area contributed by atoms with Gasteiger partial charge in [0, 0.05) is 24.6 Å². The van der Waals surface area contributed by atoms with E-state index in [4.69, 9.17) is 9.47 Å². The van der Waals surface area contributed by atoms with Crippen molar-refractivity contribution in [3.8, 4) is 5.75 Å². The quantitative estimate of drug-likeness (QED) is 0.811. The molecule has 0 amide bonds. The van der Waals surface area contributed by atoms with Crippen molar-refractivity contribution >= 4 is 0 Å². The van der Waals surface area contributed by atoms with Crippen LogP contribution in [0.4, 0.5) is 0 Å². The number of nitrogens with one attached hydrogen (secondary N) is 1. The third-order valence-electron chi connectivity index (χ3n) is 4.60. The number of hydrogen-bond donors (Lipinski definition) is 2. The standard InChI is InChI=1S/C17H27NO3/c1-5-21-16-10-15(17(16,2)3)18-11-14(19)12-6-8-13(20-4)9-7-12/h6-9,14-16,18-19H,5,10-11H2,1-4H3. The fraction of sp³-hybridized carbons (Fsp3) is 0.647. The van der Waals surface area contributed by atoms with Gasteiger partial charge in [0.25, 0.3) is 0 Å². The molecule has 0 saturated heterocycles. The molecule has 1 aliphatic rings. The molecule has 0 aliphatic heterocycles. The fourth-order valence-electron chi connectivity index (χ4n) is 2.91. The lowest BCUT2D eigenvalue weighted by Gasteiger charge is -2.52. The van der Waals surface area contributed by atoms with Crippen molar-refractivity contribution in [3.05, 3.63) is 29.8 Å². The van der Waals surface area contributed by atoms with Crippen LogP contribution < -0.4 is 10.1 Å². The summed E-state index contributed by atoms with van der Waals surface area (Å²) in [6.45, 7) is 7.78. The molecule has 3 atom stereocenters. The number of aliphatic hydroxyl groups excluding tert-OH is 1.